The SMILES string of the molecule is C[C@H]1CC[C@H](c2cn(C)c3ccccc23)C(=O)C1. The monoisotopic (exact) mass is 241 g/mol. The Bertz CT molecular complexity index is 596. The number of carbonyl (C=O) groups excluding carboxylic acids is 1. The van der Waals surface area contributed by atoms with Crippen molar-refractivity contribution in [2.75, 3.05) is 0 Å². The zero-order chi connectivity index (χ0) is 12.7. The highest BCUT2D eigenvalue weighted by molar-refractivity contribution is 5.93. The number of hydrogen-bond acceptors (Lipinski definition) is 1. The molecule has 0 unspecified atom stereocenters. The third-order valence-corrected chi connectivity index (χ3v) is 4.19. The molecule has 1 aliphatic carbocycles. The van der Waals surface area contributed by atoms with Crippen molar-refractivity contribution in [2.24, 2.45) is 13.0 Å². The Morgan fingerprint density at radius 1 is 1.22 bits per heavy atom. The van der Waals surface area contributed by atoms with Gasteiger partial charge in [0, 0.05) is 36.5 Å². The van der Waals surface area contributed by atoms with Crippen LogP contribution in [0.3, 0.4) is 0 Å². The molecule has 2 heteroatoms. The first-order valence-corrected chi connectivity index (χ1v) is 6.73. The normalized spacial score (nSPS) is 24.7. The predicted molar refractivity (Wildman–Crippen MR) is 73.7 cm³/mol. The van der Waals surface area contributed by atoms with E-state index in [-0.39, 0.29) is 5.92 Å². The molecule has 0 radical (unpaired) electrons. The third-order valence-electron chi connectivity index (χ3n) is 4.19. The van der Waals surface area contributed by atoms with E-state index in [1.807, 2.05) is 0 Å². The first-order chi connectivity index (χ1) is 8.66. The minimum atomic E-state index is 0.118. The lowest BCUT2D eigenvalue weighted by atomic mass is 9.78. The highest BCUT2D eigenvalue weighted by Gasteiger charge is 2.29. The summed E-state index contributed by atoms with van der Waals surface area (Å²) in [7, 11) is 2.06. The Balaban J connectivity index is 2.07. The lowest BCUT2D eigenvalue weighted by Crippen LogP contribution is -2.21. The van der Waals surface area contributed by atoms with Gasteiger partial charge in [0.05, 0.1) is 0 Å². The highest BCUT2D eigenvalue weighted by Crippen LogP contribution is 2.36. The molecule has 0 aliphatic heterocycles. The summed E-state index contributed by atoms with van der Waals surface area (Å²) in [5.41, 5.74) is 2.45. The van der Waals surface area contributed by atoms with Gasteiger partial charge in [0.2, 0.25) is 0 Å². The van der Waals surface area contributed by atoms with Crippen LogP contribution in [0.15, 0.2) is 30.5 Å². The van der Waals surface area contributed by atoms with Crippen LogP contribution in [0.2, 0.25) is 0 Å². The molecule has 3 rings (SSSR count). The fourth-order valence-corrected chi connectivity index (χ4v) is 3.18. The molecular weight excluding hydrogens is 222 g/mol. The van der Waals surface area contributed by atoms with Crippen LogP contribution in [-0.2, 0) is 11.8 Å². The first-order valence-electron chi connectivity index (χ1n) is 6.73. The third kappa shape index (κ3) is 1.76. The van der Waals surface area contributed by atoms with E-state index in [1.54, 1.807) is 0 Å². The van der Waals surface area contributed by atoms with Gasteiger partial charge in [0.1, 0.15) is 5.78 Å². The maximum absolute atomic E-state index is 12.2. The van der Waals surface area contributed by atoms with Gasteiger partial charge in [-0.15, -0.1) is 0 Å². The molecular formula is C16H19NO. The molecule has 1 heterocycles. The van der Waals surface area contributed by atoms with Crippen molar-refractivity contribution < 1.29 is 4.79 Å². The summed E-state index contributed by atoms with van der Waals surface area (Å²) in [6.45, 7) is 2.18. The van der Waals surface area contributed by atoms with Gasteiger partial charge in [0.15, 0.2) is 0 Å². The van der Waals surface area contributed by atoms with Gasteiger partial charge in [0.25, 0.3) is 0 Å². The number of rotatable bonds is 1. The van der Waals surface area contributed by atoms with Crippen molar-refractivity contribution in [2.45, 2.75) is 32.1 Å². The average Bonchev–Trinajstić information content (AvgIpc) is 2.68. The molecule has 0 N–H and O–H groups in total. The van der Waals surface area contributed by atoms with Gasteiger partial charge in [-0.2, -0.15) is 0 Å². The number of carbonyl (C=O) groups is 1. The van der Waals surface area contributed by atoms with Crippen molar-refractivity contribution in [3.05, 3.63) is 36.0 Å². The van der Waals surface area contributed by atoms with Gasteiger partial charge in [-0.05, 0) is 30.4 Å². The van der Waals surface area contributed by atoms with Crippen molar-refractivity contribution >= 4 is 16.7 Å². The topological polar surface area (TPSA) is 22.0 Å². The Morgan fingerprint density at radius 3 is 2.78 bits per heavy atom. The van der Waals surface area contributed by atoms with E-state index in [4.69, 9.17) is 0 Å². The molecule has 1 saturated carbocycles. The molecule has 18 heavy (non-hydrogen) atoms. The van der Waals surface area contributed by atoms with Gasteiger partial charge < -0.3 is 4.57 Å². The van der Waals surface area contributed by atoms with Gasteiger partial charge >= 0.3 is 0 Å². The van der Waals surface area contributed by atoms with Crippen LogP contribution in [0.5, 0.6) is 0 Å². The van der Waals surface area contributed by atoms with E-state index >= 15 is 0 Å². The smallest absolute Gasteiger partial charge is 0.140 e. The molecule has 0 spiro atoms. The van der Waals surface area contributed by atoms with E-state index < -0.39 is 0 Å². The standard InChI is InChI=1S/C16H19NO/c1-11-7-8-13(16(18)9-11)14-10-17(2)15-6-4-3-5-12(14)15/h3-6,10-11,13H,7-9H2,1-2H3/t11-,13+/m0/s1. The zero-order valence-corrected chi connectivity index (χ0v) is 11.0. The molecule has 0 bridgehead atoms. The van der Waals surface area contributed by atoms with E-state index in [1.165, 1.54) is 22.9 Å². The number of nitrogens with zero attached hydrogens (tertiary/aromatic N) is 1. The fourth-order valence-electron chi connectivity index (χ4n) is 3.18. The lowest BCUT2D eigenvalue weighted by Gasteiger charge is -2.24. The average molecular weight is 241 g/mol. The van der Waals surface area contributed by atoms with Crippen LogP contribution in [0, 0.1) is 5.92 Å². The van der Waals surface area contributed by atoms with Crippen molar-refractivity contribution in [3.8, 4) is 0 Å². The minimum absolute atomic E-state index is 0.118. The van der Waals surface area contributed by atoms with Crippen LogP contribution < -0.4 is 0 Å². The van der Waals surface area contributed by atoms with Crippen LogP contribution in [0.25, 0.3) is 10.9 Å². The largest absolute Gasteiger partial charge is 0.350 e. The number of Topliss-reactive ketones (excluding diaryl/α,β-unsaturated/α-hetero) is 1. The van der Waals surface area contributed by atoms with E-state index in [9.17, 15) is 4.79 Å². The molecule has 1 aliphatic rings. The second-order valence-corrected chi connectivity index (χ2v) is 5.62. The van der Waals surface area contributed by atoms with E-state index in [0.29, 0.717) is 11.7 Å². The molecule has 1 aromatic carbocycles. The van der Waals surface area contributed by atoms with Crippen molar-refractivity contribution in [1.29, 1.82) is 0 Å². The Kier molecular flexibility index (Phi) is 2.73. The second-order valence-electron chi connectivity index (χ2n) is 5.62. The minimum Gasteiger partial charge on any atom is -0.350 e. The maximum Gasteiger partial charge on any atom is 0.140 e. The van der Waals surface area contributed by atoms with Crippen LogP contribution >= 0.6 is 0 Å². The first kappa shape index (κ1) is 11.5. The Hall–Kier alpha value is -1.57. The number of fused-ring (bicyclic) bond motifs is 1. The summed E-state index contributed by atoms with van der Waals surface area (Å²) in [6, 6.07) is 8.36. The summed E-state index contributed by atoms with van der Waals surface area (Å²) in [5, 5.41) is 1.24. The fraction of sp³-hybridized carbons (Fsp3) is 0.438. The van der Waals surface area contributed by atoms with Crippen LogP contribution in [-0.4, -0.2) is 10.4 Å². The number of aromatic nitrogens is 1. The zero-order valence-electron chi connectivity index (χ0n) is 11.0. The number of ketones is 1. The number of aryl methyl sites for hydroxylation is 1. The predicted octanol–water partition coefficient (Wildman–Crippen LogP) is 3.65. The molecule has 0 amide bonds. The lowest BCUT2D eigenvalue weighted by molar-refractivity contribution is -0.122. The number of hydrogen-bond donors (Lipinski definition) is 0. The molecule has 1 aromatic heterocycles. The highest BCUT2D eigenvalue weighted by atomic mass is 16.1. The van der Waals surface area contributed by atoms with Crippen molar-refractivity contribution in [3.63, 3.8) is 0 Å². The summed E-state index contributed by atoms with van der Waals surface area (Å²) < 4.78 is 2.13. The second kappa shape index (κ2) is 4.27. The number of benzene rings is 1. The van der Waals surface area contributed by atoms with Gasteiger partial charge in [-0.3, -0.25) is 4.79 Å². The van der Waals surface area contributed by atoms with Crippen molar-refractivity contribution in [1.82, 2.24) is 4.57 Å². The quantitative estimate of drug-likeness (QED) is 0.747. The van der Waals surface area contributed by atoms with Crippen LogP contribution in [0.4, 0.5) is 0 Å². The van der Waals surface area contributed by atoms with Gasteiger partial charge in [-0.1, -0.05) is 25.1 Å². The Morgan fingerprint density at radius 2 is 2.00 bits per heavy atom. The number of para-hydroxylation sites is 1. The maximum atomic E-state index is 12.2. The van der Waals surface area contributed by atoms with Gasteiger partial charge in [-0.25, -0.2) is 0 Å². The molecule has 1 fully saturated rings. The molecule has 0 saturated heterocycles. The summed E-state index contributed by atoms with van der Waals surface area (Å²) in [4.78, 5) is 12.2. The molecule has 2 nitrogen and oxygen atoms in total. The summed E-state index contributed by atoms with van der Waals surface area (Å²) in [5.74, 6) is 1.10. The van der Waals surface area contributed by atoms with E-state index in [0.717, 1.165) is 12.8 Å². The summed E-state index contributed by atoms with van der Waals surface area (Å²) in [6.07, 6.45) is 5.06. The Labute approximate surface area is 108 Å². The molecule has 2 aromatic rings. The molecule has 94 valence electrons. The van der Waals surface area contributed by atoms with Crippen LogP contribution in [0.1, 0.15) is 37.7 Å². The van der Waals surface area contributed by atoms with E-state index in [2.05, 4.69) is 49.0 Å². The summed E-state index contributed by atoms with van der Waals surface area (Å²) >= 11 is 0. The molecule has 2 atom stereocenters.